The number of nitrogens with one attached hydrogen (secondary N) is 1. The number of carbonyl (C=O) groups excluding carboxylic acids is 2. The largest absolute Gasteiger partial charge is 1.00 e. The Bertz CT molecular complexity index is 952. The lowest BCUT2D eigenvalue weighted by Crippen LogP contribution is -3.00. The molecule has 0 saturated heterocycles. The summed E-state index contributed by atoms with van der Waals surface area (Å²) in [5, 5.41) is 14.1. The van der Waals surface area contributed by atoms with Crippen molar-refractivity contribution in [3.05, 3.63) is 82.6 Å². The van der Waals surface area contributed by atoms with E-state index in [4.69, 9.17) is 4.74 Å². The molecule has 2 aliphatic rings. The standard InChI is InChI=1S/C22H21NO4.ClH/c1-22(2)21(26)17(23-12-13-8-4-3-5-9-13)16-18(24)14-10-6-7-11-15(14)19(25)20(16)27-22;/h3-11,17,21,23,26H,12H2,1-2H3;1H/p-1/t17-,21-;/m0./s1. The number of carbonyl (C=O) groups is 2. The summed E-state index contributed by atoms with van der Waals surface area (Å²) in [6.45, 7) is 3.90. The molecule has 0 saturated carbocycles. The highest BCUT2D eigenvalue weighted by molar-refractivity contribution is 6.26. The fraction of sp³-hybridized carbons (Fsp3) is 0.273. The van der Waals surface area contributed by atoms with Gasteiger partial charge < -0.3 is 27.6 Å². The Morgan fingerprint density at radius 3 is 2.18 bits per heavy atom. The predicted octanol–water partition coefficient (Wildman–Crippen LogP) is -0.348. The monoisotopic (exact) mass is 398 g/mol. The van der Waals surface area contributed by atoms with Crippen LogP contribution in [0.5, 0.6) is 0 Å². The highest BCUT2D eigenvalue weighted by Crippen LogP contribution is 2.38. The van der Waals surface area contributed by atoms with Crippen molar-refractivity contribution in [3.8, 4) is 0 Å². The van der Waals surface area contributed by atoms with Crippen molar-refractivity contribution in [3.63, 3.8) is 0 Å². The van der Waals surface area contributed by atoms with Crippen molar-refractivity contribution in [1.29, 1.82) is 0 Å². The van der Waals surface area contributed by atoms with Crippen LogP contribution in [0.2, 0.25) is 0 Å². The van der Waals surface area contributed by atoms with Gasteiger partial charge in [0.2, 0.25) is 5.78 Å². The third-order valence-electron chi connectivity index (χ3n) is 5.18. The summed E-state index contributed by atoms with van der Waals surface area (Å²) in [5.41, 5.74) is 0.918. The fourth-order valence-electron chi connectivity index (χ4n) is 3.68. The molecule has 0 unspecified atom stereocenters. The Morgan fingerprint density at radius 2 is 1.54 bits per heavy atom. The molecule has 2 aromatic carbocycles. The van der Waals surface area contributed by atoms with Gasteiger partial charge in [-0.1, -0.05) is 54.6 Å². The summed E-state index contributed by atoms with van der Waals surface area (Å²) in [4.78, 5) is 26.1. The molecule has 146 valence electrons. The van der Waals surface area contributed by atoms with Crippen LogP contribution in [0.3, 0.4) is 0 Å². The van der Waals surface area contributed by atoms with Gasteiger partial charge in [0.25, 0.3) is 0 Å². The Labute approximate surface area is 169 Å². The van der Waals surface area contributed by atoms with Gasteiger partial charge in [0, 0.05) is 17.7 Å². The third kappa shape index (κ3) is 3.26. The molecule has 1 aliphatic heterocycles. The molecule has 28 heavy (non-hydrogen) atoms. The number of benzene rings is 2. The summed E-state index contributed by atoms with van der Waals surface area (Å²) in [6, 6.07) is 15.7. The van der Waals surface area contributed by atoms with Crippen LogP contribution in [-0.4, -0.2) is 34.4 Å². The zero-order valence-corrected chi connectivity index (χ0v) is 16.4. The molecule has 2 N–H and O–H groups in total. The average Bonchev–Trinajstić information content (AvgIpc) is 2.67. The van der Waals surface area contributed by atoms with Gasteiger partial charge in [-0.25, -0.2) is 0 Å². The van der Waals surface area contributed by atoms with Gasteiger partial charge in [-0.05, 0) is 19.4 Å². The Kier molecular flexibility index (Phi) is 5.44. The first kappa shape index (κ1) is 20.3. The molecule has 2 atom stereocenters. The van der Waals surface area contributed by atoms with Crippen LogP contribution < -0.4 is 17.7 Å². The lowest BCUT2D eigenvalue weighted by molar-refractivity contribution is -0.0923. The minimum atomic E-state index is -1.00. The number of ketones is 2. The number of halogens is 1. The van der Waals surface area contributed by atoms with Crippen LogP contribution in [-0.2, 0) is 11.3 Å². The van der Waals surface area contributed by atoms with Crippen molar-refractivity contribution in [2.24, 2.45) is 0 Å². The van der Waals surface area contributed by atoms with E-state index < -0.39 is 17.7 Å². The number of allylic oxidation sites excluding steroid dienone is 1. The van der Waals surface area contributed by atoms with E-state index in [1.165, 1.54) is 0 Å². The van der Waals surface area contributed by atoms with Crippen molar-refractivity contribution < 1.29 is 31.8 Å². The van der Waals surface area contributed by atoms with E-state index in [-0.39, 0.29) is 35.3 Å². The van der Waals surface area contributed by atoms with Crippen molar-refractivity contribution >= 4 is 11.6 Å². The average molecular weight is 399 g/mol. The summed E-state index contributed by atoms with van der Waals surface area (Å²) in [7, 11) is 0. The number of aliphatic hydroxyl groups excluding tert-OH is 1. The lowest BCUT2D eigenvalue weighted by atomic mass is 9.78. The highest BCUT2D eigenvalue weighted by atomic mass is 35.5. The maximum atomic E-state index is 13.1. The van der Waals surface area contributed by atoms with Crippen LogP contribution in [0.1, 0.15) is 40.1 Å². The molecule has 2 aromatic rings. The Hall–Kier alpha value is -2.47. The Balaban J connectivity index is 0.00000225. The van der Waals surface area contributed by atoms with E-state index >= 15 is 0 Å². The van der Waals surface area contributed by atoms with Gasteiger partial charge in [-0.2, -0.15) is 0 Å². The van der Waals surface area contributed by atoms with Crippen molar-refractivity contribution in [2.45, 2.75) is 38.1 Å². The van der Waals surface area contributed by atoms with E-state index in [0.717, 1.165) is 5.56 Å². The molecule has 0 aromatic heterocycles. The van der Waals surface area contributed by atoms with Crippen LogP contribution in [0, 0.1) is 0 Å². The SMILES string of the molecule is CC1(C)OC2=C(C(=O)c3ccccc3C2=O)[C@H](NCc2ccccc2)[C@@H]1O.[Cl-]. The van der Waals surface area contributed by atoms with Gasteiger partial charge >= 0.3 is 0 Å². The van der Waals surface area contributed by atoms with Crippen LogP contribution in [0.4, 0.5) is 0 Å². The molecule has 0 bridgehead atoms. The smallest absolute Gasteiger partial charge is 0.228 e. The number of rotatable bonds is 3. The number of fused-ring (bicyclic) bond motifs is 1. The molecule has 5 nitrogen and oxygen atoms in total. The predicted molar refractivity (Wildman–Crippen MR) is 100 cm³/mol. The lowest BCUT2D eigenvalue weighted by Gasteiger charge is -2.44. The number of ether oxygens (including phenoxy) is 1. The van der Waals surface area contributed by atoms with E-state index in [1.54, 1.807) is 38.1 Å². The molecule has 0 radical (unpaired) electrons. The summed E-state index contributed by atoms with van der Waals surface area (Å²) in [6.07, 6.45) is -0.984. The normalized spacial score (nSPS) is 22.7. The minimum absolute atomic E-state index is 0. The van der Waals surface area contributed by atoms with Gasteiger partial charge in [-0.3, -0.25) is 9.59 Å². The summed E-state index contributed by atoms with van der Waals surface area (Å²) < 4.78 is 5.83. The Morgan fingerprint density at radius 1 is 0.964 bits per heavy atom. The minimum Gasteiger partial charge on any atom is -1.00 e. The van der Waals surface area contributed by atoms with Crippen LogP contribution in [0.25, 0.3) is 0 Å². The van der Waals surface area contributed by atoms with Gasteiger partial charge in [0.15, 0.2) is 11.5 Å². The molecule has 0 fully saturated rings. The van der Waals surface area contributed by atoms with Gasteiger partial charge in [0.1, 0.15) is 11.7 Å². The molecular weight excluding hydrogens is 378 g/mol. The molecular formula is C22H21ClNO4-. The molecule has 0 amide bonds. The number of aliphatic hydroxyl groups is 1. The molecule has 4 rings (SSSR count). The zero-order chi connectivity index (χ0) is 19.2. The summed E-state index contributed by atoms with van der Waals surface area (Å²) >= 11 is 0. The number of hydrogen-bond acceptors (Lipinski definition) is 5. The molecule has 1 aliphatic carbocycles. The van der Waals surface area contributed by atoms with Gasteiger partial charge in [0.05, 0.1) is 11.6 Å². The van der Waals surface area contributed by atoms with E-state index in [1.807, 2.05) is 30.3 Å². The van der Waals surface area contributed by atoms with E-state index in [9.17, 15) is 14.7 Å². The molecule has 6 heteroatoms. The molecule has 1 heterocycles. The maximum Gasteiger partial charge on any atom is 0.228 e. The number of Topliss-reactive ketones (excluding diaryl/α,β-unsaturated/α-hetero) is 2. The first-order valence-corrected chi connectivity index (χ1v) is 8.97. The topological polar surface area (TPSA) is 75.6 Å². The van der Waals surface area contributed by atoms with Crippen LogP contribution >= 0.6 is 0 Å². The second kappa shape index (κ2) is 7.51. The molecule has 0 spiro atoms. The summed E-state index contributed by atoms with van der Waals surface area (Å²) in [5.74, 6) is -0.549. The highest BCUT2D eigenvalue weighted by Gasteiger charge is 2.50. The fourth-order valence-corrected chi connectivity index (χ4v) is 3.68. The van der Waals surface area contributed by atoms with E-state index in [2.05, 4.69) is 5.32 Å². The van der Waals surface area contributed by atoms with Crippen molar-refractivity contribution in [2.75, 3.05) is 0 Å². The number of hydrogen-bond donors (Lipinski definition) is 2. The van der Waals surface area contributed by atoms with Crippen LogP contribution in [0.15, 0.2) is 65.9 Å². The second-order valence-electron chi connectivity index (χ2n) is 7.44. The maximum absolute atomic E-state index is 13.1. The van der Waals surface area contributed by atoms with Gasteiger partial charge in [-0.15, -0.1) is 0 Å². The van der Waals surface area contributed by atoms with E-state index in [0.29, 0.717) is 17.7 Å². The second-order valence-corrected chi connectivity index (χ2v) is 7.44. The zero-order valence-electron chi connectivity index (χ0n) is 15.6. The quantitative estimate of drug-likeness (QED) is 0.739. The first-order valence-electron chi connectivity index (χ1n) is 8.97. The van der Waals surface area contributed by atoms with Crippen molar-refractivity contribution in [1.82, 2.24) is 5.32 Å². The first-order chi connectivity index (χ1) is 12.9. The third-order valence-corrected chi connectivity index (χ3v) is 5.18.